The minimum atomic E-state index is -3.40. The third-order valence-electron chi connectivity index (χ3n) is 12.9. The number of rotatable bonds is 11. The molecule has 4 aromatic rings. The number of hydrogen-bond acceptors (Lipinski definition) is 11. The molecule has 1 unspecified atom stereocenters. The van der Waals surface area contributed by atoms with E-state index in [1.807, 2.05) is 6.92 Å². The van der Waals surface area contributed by atoms with Crippen LogP contribution in [0.25, 0.3) is 21.8 Å². The van der Waals surface area contributed by atoms with Gasteiger partial charge in [0.05, 0.1) is 54.9 Å². The average molecular weight is 998 g/mol. The van der Waals surface area contributed by atoms with E-state index >= 15 is 4.39 Å². The van der Waals surface area contributed by atoms with E-state index in [0.717, 1.165) is 32.2 Å². The monoisotopic (exact) mass is 997 g/mol. The summed E-state index contributed by atoms with van der Waals surface area (Å²) in [5.74, 6) is -7.38. The molecule has 3 aliphatic carbocycles. The first kappa shape index (κ1) is 55.1. The second-order valence-corrected chi connectivity index (χ2v) is 19.3. The minimum absolute atomic E-state index is 0. The van der Waals surface area contributed by atoms with Crippen LogP contribution in [0.5, 0.6) is 11.5 Å². The highest BCUT2D eigenvalue weighted by molar-refractivity contribution is 6.38. The molecule has 384 valence electrons. The second-order valence-electron chi connectivity index (χ2n) is 19.3. The third kappa shape index (κ3) is 11.5. The Kier molecular flexibility index (Phi) is 16.7. The van der Waals surface area contributed by atoms with Crippen LogP contribution in [0.15, 0.2) is 34.1 Å². The van der Waals surface area contributed by atoms with Crippen LogP contribution in [0.3, 0.4) is 0 Å². The van der Waals surface area contributed by atoms with Crippen molar-refractivity contribution < 1.29 is 68.9 Å². The Morgan fingerprint density at radius 2 is 1.39 bits per heavy atom. The molecule has 23 heteroatoms. The van der Waals surface area contributed by atoms with E-state index in [0.29, 0.717) is 50.4 Å². The lowest BCUT2D eigenvalue weighted by Crippen LogP contribution is -2.53. The smallest absolute Gasteiger partial charge is 0.494 e. The van der Waals surface area contributed by atoms with E-state index in [9.17, 15) is 55.3 Å². The number of benzene rings is 2. The summed E-state index contributed by atoms with van der Waals surface area (Å²) in [7, 11) is -0.896. The molecule has 0 spiro atoms. The summed E-state index contributed by atoms with van der Waals surface area (Å²) in [6, 6.07) is 1.57. The van der Waals surface area contributed by atoms with Crippen LogP contribution >= 0.6 is 0 Å². The molecule has 3 heterocycles. The molecule has 4 aliphatic rings. The SMILES string of the molecule is C.CC(C)(C)OC(=O)N[C@]1(C)CNC[C@@H]1CF.COc1c(C2C[C@H](CF)[C@](C)(N)C2)c(F)cc2c(=O)c(C(=O)O)cn(C3CC3)c12.COc1c(F)c(F)cc2c(=O)c(C(=O)OB(F)F)cn(C3CC3)c12. The standard InChI is InChI=1S/C21H24F2N2O4.C14H10BF4NO4.C11H21FN2O2.CH4/c1-21(24)7-10(5-11(21)8-22)16-15(23)6-13-17(19(16)29-2)25(12-3-4-12)9-14(18(13)26)20(27)28;1-23-13-10(17)9(16)4-7-11(13)20(6-2-3-6)5-8(12(7)21)14(22)24-15(18)19;1-10(2,3)16-9(15)14-11(4)7-13-6-8(11)5-12;/h6,9-12H,3-5,7-8,24H2,1-2H3,(H,27,28);4-6H,2-3H2,1H3;8,13H,5-7H2,1-4H3,(H,14,15);1H4/t10?,11-,21-;;8-,11+;/m1.0./s1. The molecule has 8 rings (SSSR count). The largest absolute Gasteiger partial charge is 0.798 e. The molecule has 0 bridgehead atoms. The van der Waals surface area contributed by atoms with Crippen molar-refractivity contribution in [2.45, 2.75) is 115 Å². The number of halogens is 7. The van der Waals surface area contributed by atoms with E-state index in [2.05, 4.69) is 15.3 Å². The van der Waals surface area contributed by atoms with Gasteiger partial charge in [-0.15, -0.1) is 0 Å². The van der Waals surface area contributed by atoms with Gasteiger partial charge in [0, 0.05) is 60.5 Å². The van der Waals surface area contributed by atoms with Crippen molar-refractivity contribution in [2.75, 3.05) is 40.7 Å². The van der Waals surface area contributed by atoms with Crippen LogP contribution in [-0.2, 0) is 9.39 Å². The van der Waals surface area contributed by atoms with Gasteiger partial charge in [-0.05, 0) is 91.2 Å². The van der Waals surface area contributed by atoms with Crippen LogP contribution in [-0.4, -0.2) is 97.1 Å². The molecule has 4 fully saturated rings. The number of ether oxygens (including phenoxy) is 3. The molecule has 1 aliphatic heterocycles. The molecule has 70 heavy (non-hydrogen) atoms. The van der Waals surface area contributed by atoms with Crippen molar-refractivity contribution in [1.29, 1.82) is 0 Å². The van der Waals surface area contributed by atoms with Crippen molar-refractivity contribution in [1.82, 2.24) is 19.8 Å². The highest BCUT2D eigenvalue weighted by Crippen LogP contribution is 2.50. The van der Waals surface area contributed by atoms with Gasteiger partial charge in [-0.3, -0.25) is 18.4 Å². The minimum Gasteiger partial charge on any atom is -0.494 e. The number of carboxylic acid groups (broad SMARTS) is 1. The summed E-state index contributed by atoms with van der Waals surface area (Å²) in [4.78, 5) is 59.9. The number of carboxylic acids is 1. The highest BCUT2D eigenvalue weighted by Gasteiger charge is 2.45. The Labute approximate surface area is 399 Å². The topological polar surface area (TPSA) is 202 Å². The van der Waals surface area contributed by atoms with Gasteiger partial charge in [0.1, 0.15) is 28.3 Å². The summed E-state index contributed by atoms with van der Waals surface area (Å²) in [6.07, 6.45) is 5.63. The van der Waals surface area contributed by atoms with Gasteiger partial charge in [0.2, 0.25) is 16.7 Å². The molecule has 2 aromatic carbocycles. The Bertz CT molecular complexity index is 2760. The average Bonchev–Trinajstić information content (AvgIpc) is 4.20. The second kappa shape index (κ2) is 21.3. The molecule has 0 radical (unpaired) electrons. The number of nitrogens with one attached hydrogen (secondary N) is 2. The number of methoxy groups -OCH3 is 2. The van der Waals surface area contributed by atoms with Crippen LogP contribution in [0.4, 0.5) is 35.4 Å². The first-order valence-electron chi connectivity index (χ1n) is 22.2. The molecule has 5 N–H and O–H groups in total. The van der Waals surface area contributed by atoms with Crippen molar-refractivity contribution in [3.05, 3.63) is 79.1 Å². The molecular weight excluding hydrogens is 938 g/mol. The Hall–Kier alpha value is -5.84. The van der Waals surface area contributed by atoms with Crippen LogP contribution in [0.2, 0.25) is 0 Å². The maximum Gasteiger partial charge on any atom is 0.798 e. The summed E-state index contributed by atoms with van der Waals surface area (Å²) in [5.41, 5.74) is 2.19. The zero-order valence-electron chi connectivity index (χ0n) is 39.1. The van der Waals surface area contributed by atoms with Gasteiger partial charge in [-0.1, -0.05) is 7.43 Å². The van der Waals surface area contributed by atoms with Crippen molar-refractivity contribution >= 4 is 47.3 Å². The normalized spacial score (nSPS) is 22.8. The lowest BCUT2D eigenvalue weighted by molar-refractivity contribution is 0.0440. The summed E-state index contributed by atoms with van der Waals surface area (Å²) < 4.78 is 116. The molecule has 15 nitrogen and oxygen atoms in total. The number of hydrogen-bond donors (Lipinski definition) is 4. The first-order valence-corrected chi connectivity index (χ1v) is 22.2. The number of nitrogens with two attached hydrogens (primary N) is 1. The quantitative estimate of drug-likeness (QED) is 0.0831. The van der Waals surface area contributed by atoms with E-state index in [4.69, 9.17) is 19.9 Å². The Balaban J connectivity index is 0.000000203. The maximum atomic E-state index is 15.3. The lowest BCUT2D eigenvalue weighted by Gasteiger charge is -2.31. The zero-order valence-corrected chi connectivity index (χ0v) is 39.1. The number of carbonyl (C=O) groups excluding carboxylic acids is 2. The number of aromatic nitrogens is 2. The van der Waals surface area contributed by atoms with E-state index in [-0.39, 0.29) is 58.9 Å². The number of carbonyl (C=O) groups is 3. The highest BCUT2D eigenvalue weighted by atomic mass is 19.2. The molecular formula is C47H59BF7N5O10. The van der Waals surface area contributed by atoms with Crippen LogP contribution in [0, 0.1) is 29.3 Å². The number of nitrogens with zero attached hydrogens (tertiary/aromatic N) is 2. The van der Waals surface area contributed by atoms with Crippen molar-refractivity contribution in [3.8, 4) is 11.5 Å². The number of alkyl carbamates (subject to hydrolysis) is 1. The number of alkyl halides is 2. The summed E-state index contributed by atoms with van der Waals surface area (Å²) in [5, 5.41) is 14.9. The molecule has 1 amide bonds. The molecule has 3 saturated carbocycles. The van der Waals surface area contributed by atoms with E-state index in [1.165, 1.54) is 17.9 Å². The van der Waals surface area contributed by atoms with Crippen LogP contribution in [0.1, 0.15) is 125 Å². The third-order valence-corrected chi connectivity index (χ3v) is 12.9. The van der Waals surface area contributed by atoms with Gasteiger partial charge >= 0.3 is 25.5 Å². The first-order chi connectivity index (χ1) is 32.3. The Morgan fingerprint density at radius 1 is 0.871 bits per heavy atom. The van der Waals surface area contributed by atoms with Crippen LogP contribution < -0.4 is 36.7 Å². The summed E-state index contributed by atoms with van der Waals surface area (Å²) in [6.45, 7) is 9.12. The fraction of sp³-hybridized carbons (Fsp3) is 0.553. The van der Waals surface area contributed by atoms with Gasteiger partial charge in [0.15, 0.2) is 11.6 Å². The molecule has 5 atom stereocenters. The number of aromatic carboxylic acids is 1. The zero-order chi connectivity index (χ0) is 51.1. The van der Waals surface area contributed by atoms with Gasteiger partial charge in [-0.2, -0.15) is 4.39 Å². The van der Waals surface area contributed by atoms with Gasteiger partial charge in [0.25, 0.3) is 0 Å². The predicted octanol–water partition coefficient (Wildman–Crippen LogP) is 8.16. The van der Waals surface area contributed by atoms with Crippen molar-refractivity contribution in [2.24, 2.45) is 17.6 Å². The predicted molar refractivity (Wildman–Crippen MR) is 247 cm³/mol. The number of amides is 1. The Morgan fingerprint density at radius 3 is 1.86 bits per heavy atom. The molecule has 2 aromatic heterocycles. The van der Waals surface area contributed by atoms with Gasteiger partial charge in [-0.25, -0.2) is 31.8 Å². The number of fused-ring (bicyclic) bond motifs is 2. The fourth-order valence-electron chi connectivity index (χ4n) is 9.03. The van der Waals surface area contributed by atoms with E-state index < -0.39 is 107 Å². The van der Waals surface area contributed by atoms with Gasteiger partial charge < -0.3 is 49.5 Å². The van der Waals surface area contributed by atoms with E-state index in [1.54, 1.807) is 32.3 Å². The fourth-order valence-corrected chi connectivity index (χ4v) is 9.03. The van der Waals surface area contributed by atoms with Crippen molar-refractivity contribution in [3.63, 3.8) is 0 Å². The number of pyridine rings is 2. The lowest BCUT2D eigenvalue weighted by atomic mass is 9.90. The molecule has 1 saturated heterocycles. The summed E-state index contributed by atoms with van der Waals surface area (Å²) >= 11 is 0. The maximum absolute atomic E-state index is 15.3.